The Morgan fingerprint density at radius 1 is 1.30 bits per heavy atom. The Bertz CT molecular complexity index is 567. The summed E-state index contributed by atoms with van der Waals surface area (Å²) in [6.07, 6.45) is 1.92. The lowest BCUT2D eigenvalue weighted by Gasteiger charge is -2.19. The zero-order valence-electron chi connectivity index (χ0n) is 16.6. The van der Waals surface area contributed by atoms with Gasteiger partial charge in [-0.05, 0) is 51.2 Å². The number of guanidine groups is 1. The summed E-state index contributed by atoms with van der Waals surface area (Å²) >= 11 is 0. The molecule has 0 amide bonds. The lowest BCUT2D eigenvalue weighted by molar-refractivity contribution is 0.0368. The van der Waals surface area contributed by atoms with Crippen LogP contribution in [0.15, 0.2) is 29.3 Å². The molecule has 1 aromatic carbocycles. The second-order valence-corrected chi connectivity index (χ2v) is 6.93. The minimum absolute atomic E-state index is 0. The van der Waals surface area contributed by atoms with E-state index in [1.165, 1.54) is 12.8 Å². The molecule has 1 saturated carbocycles. The number of ether oxygens (including phenoxy) is 2. The maximum absolute atomic E-state index is 9.99. The molecule has 1 aliphatic carbocycles. The van der Waals surface area contributed by atoms with Crippen LogP contribution in [-0.4, -0.2) is 56.1 Å². The Kier molecular flexibility index (Phi) is 11.7. The van der Waals surface area contributed by atoms with Crippen molar-refractivity contribution in [3.05, 3.63) is 29.8 Å². The molecule has 7 heteroatoms. The molecule has 0 spiro atoms. The number of hydrogen-bond donors (Lipinski definition) is 3. The highest BCUT2D eigenvalue weighted by Gasteiger charge is 2.21. The number of hydrogen-bond acceptors (Lipinski definition) is 4. The van der Waals surface area contributed by atoms with Crippen LogP contribution < -0.4 is 15.4 Å². The predicted molar refractivity (Wildman–Crippen MR) is 120 cm³/mol. The Morgan fingerprint density at radius 2 is 2.04 bits per heavy atom. The van der Waals surface area contributed by atoms with Gasteiger partial charge in [-0.15, -0.1) is 24.0 Å². The first-order chi connectivity index (χ1) is 12.6. The van der Waals surface area contributed by atoms with E-state index in [4.69, 9.17) is 9.47 Å². The molecule has 154 valence electrons. The highest BCUT2D eigenvalue weighted by Crippen LogP contribution is 2.28. The average molecular weight is 491 g/mol. The van der Waals surface area contributed by atoms with Crippen LogP contribution in [0.3, 0.4) is 0 Å². The van der Waals surface area contributed by atoms with E-state index < -0.39 is 6.10 Å². The van der Waals surface area contributed by atoms with Crippen LogP contribution in [0.2, 0.25) is 0 Å². The number of nitrogens with zero attached hydrogens (tertiary/aromatic N) is 1. The first-order valence-electron chi connectivity index (χ1n) is 9.58. The molecule has 1 aromatic rings. The van der Waals surface area contributed by atoms with Gasteiger partial charge in [-0.25, -0.2) is 0 Å². The molecule has 2 atom stereocenters. The Balaban J connectivity index is 0.00000364. The van der Waals surface area contributed by atoms with E-state index in [1.54, 1.807) is 0 Å². The van der Waals surface area contributed by atoms with Crippen LogP contribution in [0.5, 0.6) is 5.75 Å². The number of rotatable bonds is 11. The molecule has 0 radical (unpaired) electrons. The van der Waals surface area contributed by atoms with Crippen LogP contribution in [0.1, 0.15) is 32.3 Å². The van der Waals surface area contributed by atoms with Gasteiger partial charge in [0.05, 0.1) is 25.8 Å². The lowest BCUT2D eigenvalue weighted by Crippen LogP contribution is -2.42. The molecule has 2 unspecified atom stereocenters. The van der Waals surface area contributed by atoms with Crippen molar-refractivity contribution in [1.82, 2.24) is 10.6 Å². The number of nitrogens with one attached hydrogen (secondary N) is 2. The molecular weight excluding hydrogens is 457 g/mol. The Hall–Kier alpha value is -1.06. The van der Waals surface area contributed by atoms with Gasteiger partial charge in [0.1, 0.15) is 11.9 Å². The minimum Gasteiger partial charge on any atom is -0.489 e. The van der Waals surface area contributed by atoms with Crippen molar-refractivity contribution in [1.29, 1.82) is 0 Å². The van der Waals surface area contributed by atoms with Crippen molar-refractivity contribution in [3.8, 4) is 5.75 Å². The van der Waals surface area contributed by atoms with Crippen molar-refractivity contribution in [2.75, 3.05) is 32.8 Å². The molecule has 3 N–H and O–H groups in total. The second kappa shape index (κ2) is 13.2. The van der Waals surface area contributed by atoms with Crippen molar-refractivity contribution < 1.29 is 14.6 Å². The van der Waals surface area contributed by atoms with Crippen molar-refractivity contribution in [2.24, 2.45) is 10.9 Å². The first kappa shape index (κ1) is 24.0. The van der Waals surface area contributed by atoms with Crippen LogP contribution in [0, 0.1) is 12.8 Å². The zero-order valence-corrected chi connectivity index (χ0v) is 18.9. The third-order valence-electron chi connectivity index (χ3n) is 4.14. The summed E-state index contributed by atoms with van der Waals surface area (Å²) in [6, 6.07) is 7.98. The summed E-state index contributed by atoms with van der Waals surface area (Å²) in [4.78, 5) is 4.43. The minimum atomic E-state index is -0.579. The van der Waals surface area contributed by atoms with Gasteiger partial charge in [0, 0.05) is 13.2 Å². The van der Waals surface area contributed by atoms with Crippen LogP contribution in [0.25, 0.3) is 0 Å². The third kappa shape index (κ3) is 10.2. The highest BCUT2D eigenvalue weighted by atomic mass is 127. The maximum atomic E-state index is 9.99. The fraction of sp³-hybridized carbons (Fsp3) is 0.650. The number of aryl methyl sites for hydroxylation is 1. The van der Waals surface area contributed by atoms with Gasteiger partial charge in [-0.2, -0.15) is 0 Å². The number of aliphatic imine (C=N–C) groups is 1. The summed E-state index contributed by atoms with van der Waals surface area (Å²) in [5.74, 6) is 2.28. The Labute approximate surface area is 180 Å². The van der Waals surface area contributed by atoms with Crippen LogP contribution >= 0.6 is 24.0 Å². The number of aliphatic hydroxyl groups is 1. The molecule has 1 aliphatic rings. The maximum Gasteiger partial charge on any atom is 0.191 e. The van der Waals surface area contributed by atoms with Gasteiger partial charge in [0.15, 0.2) is 5.96 Å². The van der Waals surface area contributed by atoms with Gasteiger partial charge >= 0.3 is 0 Å². The predicted octanol–water partition coefficient (Wildman–Crippen LogP) is 2.72. The molecule has 0 saturated heterocycles. The molecule has 0 aliphatic heterocycles. The first-order valence-corrected chi connectivity index (χ1v) is 9.58. The quantitative estimate of drug-likeness (QED) is 0.252. The van der Waals surface area contributed by atoms with E-state index in [-0.39, 0.29) is 30.1 Å². The highest BCUT2D eigenvalue weighted by molar-refractivity contribution is 14.0. The summed E-state index contributed by atoms with van der Waals surface area (Å²) in [5.41, 5.74) is 1.12. The topological polar surface area (TPSA) is 75.1 Å². The fourth-order valence-electron chi connectivity index (χ4n) is 2.43. The van der Waals surface area contributed by atoms with E-state index in [0.717, 1.165) is 24.5 Å². The molecule has 1 fully saturated rings. The number of halogens is 1. The third-order valence-corrected chi connectivity index (χ3v) is 4.14. The Morgan fingerprint density at radius 3 is 2.70 bits per heavy atom. The van der Waals surface area contributed by atoms with E-state index in [9.17, 15) is 5.11 Å². The zero-order chi connectivity index (χ0) is 18.8. The van der Waals surface area contributed by atoms with Crippen molar-refractivity contribution >= 4 is 29.9 Å². The summed E-state index contributed by atoms with van der Waals surface area (Å²) in [6.45, 7) is 8.85. The molecule has 6 nitrogen and oxygen atoms in total. The van der Waals surface area contributed by atoms with E-state index in [2.05, 4.69) is 15.6 Å². The average Bonchev–Trinajstić information content (AvgIpc) is 3.44. The fourth-order valence-corrected chi connectivity index (χ4v) is 2.43. The van der Waals surface area contributed by atoms with Crippen LogP contribution in [-0.2, 0) is 4.74 Å². The van der Waals surface area contributed by atoms with Gasteiger partial charge in [-0.1, -0.05) is 18.2 Å². The summed E-state index contributed by atoms with van der Waals surface area (Å²) in [5, 5.41) is 16.4. The SMILES string of the molecule is CCNC(=NCC(O)COCC1CC1)NCC(C)Oc1ccccc1C.I. The molecule has 0 heterocycles. The molecule has 27 heavy (non-hydrogen) atoms. The van der Waals surface area contributed by atoms with E-state index in [1.807, 2.05) is 45.0 Å². The van der Waals surface area contributed by atoms with Crippen molar-refractivity contribution in [3.63, 3.8) is 0 Å². The second-order valence-electron chi connectivity index (χ2n) is 6.93. The summed E-state index contributed by atoms with van der Waals surface area (Å²) < 4.78 is 11.5. The monoisotopic (exact) mass is 491 g/mol. The molecule has 2 rings (SSSR count). The van der Waals surface area contributed by atoms with Gasteiger partial charge in [0.25, 0.3) is 0 Å². The number of para-hydroxylation sites is 1. The number of aliphatic hydroxyl groups excluding tert-OH is 1. The standard InChI is InChI=1S/C20H33N3O3.HI/c1-4-21-20(23-12-18(24)14-25-13-17-9-10-17)22-11-16(3)26-19-8-6-5-7-15(19)2;/h5-8,16-18,24H,4,9-14H2,1-3H3,(H2,21,22,23);1H. The molecule has 0 aromatic heterocycles. The van der Waals surface area contributed by atoms with E-state index >= 15 is 0 Å². The lowest BCUT2D eigenvalue weighted by atomic mass is 10.2. The largest absolute Gasteiger partial charge is 0.489 e. The van der Waals surface area contributed by atoms with Gasteiger partial charge in [0.2, 0.25) is 0 Å². The van der Waals surface area contributed by atoms with E-state index in [0.29, 0.717) is 31.6 Å². The smallest absolute Gasteiger partial charge is 0.191 e. The molecule has 0 bridgehead atoms. The van der Waals surface area contributed by atoms with Gasteiger partial charge < -0.3 is 25.2 Å². The van der Waals surface area contributed by atoms with Gasteiger partial charge in [-0.3, -0.25) is 4.99 Å². The van der Waals surface area contributed by atoms with Crippen LogP contribution in [0.4, 0.5) is 0 Å². The number of benzene rings is 1. The summed E-state index contributed by atoms with van der Waals surface area (Å²) in [7, 11) is 0. The normalized spacial score (nSPS) is 16.2. The van der Waals surface area contributed by atoms with Crippen molar-refractivity contribution in [2.45, 2.75) is 45.8 Å². The molecular formula is C20H34IN3O3.